The minimum absolute atomic E-state index is 0.00640. The van der Waals surface area contributed by atoms with Gasteiger partial charge in [-0.1, -0.05) is 12.8 Å². The van der Waals surface area contributed by atoms with Crippen molar-refractivity contribution in [2.45, 2.75) is 38.3 Å². The molecule has 1 atom stereocenters. The van der Waals surface area contributed by atoms with E-state index >= 15 is 0 Å². The number of likely N-dealkylation sites (tertiary alicyclic amines) is 1. The number of urea groups is 1. The third kappa shape index (κ3) is 4.16. The van der Waals surface area contributed by atoms with Crippen LogP contribution in [0.2, 0.25) is 0 Å². The molecule has 3 aromatic heterocycles. The molecule has 1 N–H and O–H groups in total. The topological polar surface area (TPSA) is 84.2 Å². The summed E-state index contributed by atoms with van der Waals surface area (Å²) in [6.45, 7) is 1.12. The van der Waals surface area contributed by atoms with Gasteiger partial charge in [0.25, 0.3) is 0 Å². The van der Waals surface area contributed by atoms with Crippen LogP contribution in [0, 0.1) is 0 Å². The Hall–Kier alpha value is -2.74. The molecule has 140 valence electrons. The van der Waals surface area contributed by atoms with Gasteiger partial charge in [0.15, 0.2) is 0 Å². The molecule has 8 heteroatoms. The number of aromatic nitrogens is 3. The quantitative estimate of drug-likeness (QED) is 0.735. The summed E-state index contributed by atoms with van der Waals surface area (Å²) in [6, 6.07) is 3.74. The van der Waals surface area contributed by atoms with E-state index in [4.69, 9.17) is 4.42 Å². The summed E-state index contributed by atoms with van der Waals surface area (Å²) in [4.78, 5) is 27.6. The van der Waals surface area contributed by atoms with E-state index in [-0.39, 0.29) is 12.1 Å². The second-order valence-electron chi connectivity index (χ2n) is 6.47. The molecular formula is C19H21N5O2S. The van der Waals surface area contributed by atoms with E-state index in [2.05, 4.69) is 20.3 Å². The first-order chi connectivity index (χ1) is 13.3. The largest absolute Gasteiger partial charge is 0.467 e. The maximum Gasteiger partial charge on any atom is 0.318 e. The van der Waals surface area contributed by atoms with Gasteiger partial charge in [0.2, 0.25) is 0 Å². The zero-order valence-corrected chi connectivity index (χ0v) is 15.7. The van der Waals surface area contributed by atoms with Crippen LogP contribution in [-0.2, 0) is 6.54 Å². The number of carbonyl (C=O) groups excluding carboxylic acids is 1. The summed E-state index contributed by atoms with van der Waals surface area (Å²) in [6.07, 6.45) is 10.8. The average Bonchev–Trinajstić information content (AvgIpc) is 3.35. The molecule has 0 bridgehead atoms. The minimum atomic E-state index is -0.0765. The van der Waals surface area contributed by atoms with E-state index < -0.39 is 0 Å². The van der Waals surface area contributed by atoms with Crippen LogP contribution in [0.15, 0.2) is 46.8 Å². The number of hydrogen-bond acceptors (Lipinski definition) is 6. The van der Waals surface area contributed by atoms with E-state index in [1.165, 1.54) is 11.3 Å². The van der Waals surface area contributed by atoms with Crippen molar-refractivity contribution in [1.29, 1.82) is 0 Å². The number of furan rings is 1. The van der Waals surface area contributed by atoms with Gasteiger partial charge in [-0.3, -0.25) is 9.97 Å². The number of nitrogens with one attached hydrogen (secondary N) is 1. The van der Waals surface area contributed by atoms with Crippen LogP contribution in [-0.4, -0.2) is 32.4 Å². The second kappa shape index (κ2) is 8.30. The number of nitrogens with zero attached hydrogens (tertiary/aromatic N) is 4. The highest BCUT2D eigenvalue weighted by atomic mass is 32.1. The van der Waals surface area contributed by atoms with Gasteiger partial charge in [-0.05, 0) is 25.0 Å². The molecule has 1 fully saturated rings. The molecule has 1 aliphatic heterocycles. The van der Waals surface area contributed by atoms with Crippen LogP contribution in [0.25, 0.3) is 10.7 Å². The van der Waals surface area contributed by atoms with E-state index in [0.29, 0.717) is 6.54 Å². The van der Waals surface area contributed by atoms with Crippen molar-refractivity contribution in [3.05, 3.63) is 53.8 Å². The Morgan fingerprint density at radius 3 is 3.11 bits per heavy atom. The summed E-state index contributed by atoms with van der Waals surface area (Å²) < 4.78 is 5.58. The Balaban J connectivity index is 1.41. The fraction of sp³-hybridized carbons (Fsp3) is 0.368. The Labute approximate surface area is 161 Å². The van der Waals surface area contributed by atoms with Crippen molar-refractivity contribution >= 4 is 17.4 Å². The first-order valence-corrected chi connectivity index (χ1v) is 9.98. The number of carbonyl (C=O) groups is 1. The minimum Gasteiger partial charge on any atom is -0.467 e. The predicted molar refractivity (Wildman–Crippen MR) is 102 cm³/mol. The van der Waals surface area contributed by atoms with E-state index in [9.17, 15) is 4.79 Å². The lowest BCUT2D eigenvalue weighted by Crippen LogP contribution is -2.41. The van der Waals surface area contributed by atoms with Gasteiger partial charge in [0.1, 0.15) is 16.5 Å². The molecule has 0 aliphatic carbocycles. The molecule has 0 radical (unpaired) electrons. The van der Waals surface area contributed by atoms with Crippen molar-refractivity contribution in [3.63, 3.8) is 0 Å². The van der Waals surface area contributed by atoms with Crippen molar-refractivity contribution < 1.29 is 9.21 Å². The molecule has 1 aliphatic rings. The molecule has 4 rings (SSSR count). The zero-order chi connectivity index (χ0) is 18.5. The van der Waals surface area contributed by atoms with Gasteiger partial charge in [-0.15, -0.1) is 11.3 Å². The molecule has 0 aromatic carbocycles. The zero-order valence-electron chi connectivity index (χ0n) is 14.9. The number of thiazole rings is 1. The summed E-state index contributed by atoms with van der Waals surface area (Å²) in [5.74, 6) is 0.852. The van der Waals surface area contributed by atoms with Crippen molar-refractivity contribution in [1.82, 2.24) is 25.2 Å². The smallest absolute Gasteiger partial charge is 0.318 e. The van der Waals surface area contributed by atoms with Crippen LogP contribution < -0.4 is 5.32 Å². The normalized spacial score (nSPS) is 17.5. The summed E-state index contributed by atoms with van der Waals surface area (Å²) in [7, 11) is 0. The maximum atomic E-state index is 12.8. The van der Waals surface area contributed by atoms with E-state index in [1.54, 1.807) is 24.9 Å². The monoisotopic (exact) mass is 383 g/mol. The van der Waals surface area contributed by atoms with Crippen LogP contribution in [0.3, 0.4) is 0 Å². The molecule has 27 heavy (non-hydrogen) atoms. The molecule has 7 nitrogen and oxygen atoms in total. The van der Waals surface area contributed by atoms with Crippen LogP contribution in [0.1, 0.15) is 43.2 Å². The third-order valence-corrected chi connectivity index (χ3v) is 5.55. The Morgan fingerprint density at radius 1 is 1.33 bits per heavy atom. The second-order valence-corrected chi connectivity index (χ2v) is 7.33. The lowest BCUT2D eigenvalue weighted by atomic mass is 10.1. The Bertz CT molecular complexity index is 865. The fourth-order valence-electron chi connectivity index (χ4n) is 3.31. The molecule has 1 saturated heterocycles. The molecule has 0 saturated carbocycles. The highest BCUT2D eigenvalue weighted by Gasteiger charge is 2.28. The lowest BCUT2D eigenvalue weighted by molar-refractivity contribution is 0.166. The lowest BCUT2D eigenvalue weighted by Gasteiger charge is -2.28. The average molecular weight is 383 g/mol. The highest BCUT2D eigenvalue weighted by molar-refractivity contribution is 7.13. The Kier molecular flexibility index (Phi) is 5.43. The molecule has 0 unspecified atom stereocenters. The SMILES string of the molecule is O=C(NCc1csc(-c2cnccn2)n1)N1CCCCC[C@H]1c1ccco1. The highest BCUT2D eigenvalue weighted by Crippen LogP contribution is 2.30. The van der Waals surface area contributed by atoms with Crippen LogP contribution in [0.4, 0.5) is 4.79 Å². The van der Waals surface area contributed by atoms with E-state index in [0.717, 1.165) is 54.4 Å². The van der Waals surface area contributed by atoms with Crippen molar-refractivity contribution in [2.75, 3.05) is 6.54 Å². The summed E-state index contributed by atoms with van der Waals surface area (Å²) in [5.41, 5.74) is 1.56. The Morgan fingerprint density at radius 2 is 2.30 bits per heavy atom. The van der Waals surface area contributed by atoms with Crippen molar-refractivity contribution in [3.8, 4) is 10.7 Å². The van der Waals surface area contributed by atoms with Crippen LogP contribution >= 0.6 is 11.3 Å². The first kappa shape index (κ1) is 17.7. The number of rotatable bonds is 4. The number of hydrogen-bond donors (Lipinski definition) is 1. The fourth-order valence-corrected chi connectivity index (χ4v) is 4.09. The summed E-state index contributed by atoms with van der Waals surface area (Å²) >= 11 is 1.50. The van der Waals surface area contributed by atoms with Crippen LogP contribution in [0.5, 0.6) is 0 Å². The predicted octanol–water partition coefficient (Wildman–Crippen LogP) is 4.02. The molecule has 3 aromatic rings. The van der Waals surface area contributed by atoms with Gasteiger partial charge >= 0.3 is 6.03 Å². The third-order valence-electron chi connectivity index (χ3n) is 4.64. The molecule has 2 amide bonds. The molecule has 0 spiro atoms. The van der Waals surface area contributed by atoms with Gasteiger partial charge in [0, 0.05) is 24.3 Å². The maximum absolute atomic E-state index is 12.8. The van der Waals surface area contributed by atoms with Gasteiger partial charge < -0.3 is 14.6 Å². The molecule has 4 heterocycles. The van der Waals surface area contributed by atoms with Crippen molar-refractivity contribution in [2.24, 2.45) is 0 Å². The number of amides is 2. The first-order valence-electron chi connectivity index (χ1n) is 9.10. The van der Waals surface area contributed by atoms with E-state index in [1.807, 2.05) is 22.4 Å². The standard InChI is InChI=1S/C19H21N5O2S/c25-19(24-9-3-1-2-5-16(24)17-6-4-10-26-17)22-11-14-13-27-18(23-14)15-12-20-7-8-21-15/h4,6-8,10,12-13,16H,1-3,5,9,11H2,(H,22,25)/t16-/m0/s1. The van der Waals surface area contributed by atoms with Gasteiger partial charge in [-0.2, -0.15) is 0 Å². The molecular weight excluding hydrogens is 362 g/mol. The van der Waals surface area contributed by atoms with Gasteiger partial charge in [-0.25, -0.2) is 9.78 Å². The van der Waals surface area contributed by atoms with Gasteiger partial charge in [0.05, 0.1) is 30.7 Å². The summed E-state index contributed by atoms with van der Waals surface area (Å²) in [5, 5.41) is 5.75.